The maximum absolute atomic E-state index is 9.64. The standard InChI is InChI=1S/C10H9O2/c11-9-12-8-4-7-10-5-2-1-3-6-10/h1-7H,8H2. The molecule has 2 heteroatoms. The summed E-state index contributed by atoms with van der Waals surface area (Å²) >= 11 is 0. The Morgan fingerprint density at radius 3 is 2.75 bits per heavy atom. The Morgan fingerprint density at radius 1 is 1.33 bits per heavy atom. The zero-order valence-corrected chi connectivity index (χ0v) is 6.57. The van der Waals surface area contributed by atoms with E-state index in [4.69, 9.17) is 0 Å². The van der Waals surface area contributed by atoms with Crippen molar-refractivity contribution in [1.29, 1.82) is 0 Å². The molecule has 1 aromatic rings. The predicted molar refractivity (Wildman–Crippen MR) is 47.1 cm³/mol. The number of rotatable bonds is 4. The molecule has 0 aromatic heterocycles. The molecule has 0 bridgehead atoms. The van der Waals surface area contributed by atoms with Gasteiger partial charge in [0.2, 0.25) is 0 Å². The van der Waals surface area contributed by atoms with Crippen molar-refractivity contribution < 1.29 is 9.53 Å². The van der Waals surface area contributed by atoms with Crippen molar-refractivity contribution >= 4 is 12.5 Å². The Bertz CT molecular complexity index is 252. The van der Waals surface area contributed by atoms with Gasteiger partial charge in [-0.25, -0.2) is 4.79 Å². The summed E-state index contributed by atoms with van der Waals surface area (Å²) in [5, 5.41) is 0. The van der Waals surface area contributed by atoms with Crippen LogP contribution in [0, 0.1) is 0 Å². The first kappa shape index (κ1) is 8.53. The Kier molecular flexibility index (Phi) is 3.64. The first-order chi connectivity index (χ1) is 5.93. The molecule has 2 nitrogen and oxygen atoms in total. The number of hydrogen-bond acceptors (Lipinski definition) is 2. The van der Waals surface area contributed by atoms with E-state index < -0.39 is 0 Å². The molecule has 0 atom stereocenters. The molecule has 12 heavy (non-hydrogen) atoms. The zero-order valence-electron chi connectivity index (χ0n) is 6.57. The average molecular weight is 161 g/mol. The van der Waals surface area contributed by atoms with E-state index in [1.807, 2.05) is 36.4 Å². The molecule has 0 spiro atoms. The van der Waals surface area contributed by atoms with Crippen LogP contribution < -0.4 is 0 Å². The summed E-state index contributed by atoms with van der Waals surface area (Å²) in [7, 11) is 0. The summed E-state index contributed by atoms with van der Waals surface area (Å²) in [4.78, 5) is 9.64. The molecule has 0 saturated heterocycles. The third-order valence-corrected chi connectivity index (χ3v) is 1.35. The molecule has 0 saturated carbocycles. The van der Waals surface area contributed by atoms with Crippen molar-refractivity contribution in [2.24, 2.45) is 0 Å². The lowest BCUT2D eigenvalue weighted by Gasteiger charge is -1.90. The summed E-state index contributed by atoms with van der Waals surface area (Å²) in [5.41, 5.74) is 1.09. The van der Waals surface area contributed by atoms with Crippen LogP contribution in [0.1, 0.15) is 5.56 Å². The zero-order chi connectivity index (χ0) is 8.65. The normalized spacial score (nSPS) is 10.0. The minimum Gasteiger partial charge on any atom is -0.453 e. The predicted octanol–water partition coefficient (Wildman–Crippen LogP) is 1.78. The van der Waals surface area contributed by atoms with E-state index in [2.05, 4.69) is 4.74 Å². The van der Waals surface area contributed by atoms with Crippen molar-refractivity contribution in [1.82, 2.24) is 0 Å². The summed E-state index contributed by atoms with van der Waals surface area (Å²) in [6, 6.07) is 9.80. The molecule has 0 heterocycles. The van der Waals surface area contributed by atoms with Gasteiger partial charge in [-0.05, 0) is 11.6 Å². The van der Waals surface area contributed by atoms with Gasteiger partial charge in [0.15, 0.2) is 0 Å². The van der Waals surface area contributed by atoms with E-state index >= 15 is 0 Å². The molecule has 1 radical (unpaired) electrons. The van der Waals surface area contributed by atoms with E-state index in [0.717, 1.165) is 5.56 Å². The fourth-order valence-corrected chi connectivity index (χ4v) is 0.830. The second-order valence-electron chi connectivity index (χ2n) is 2.21. The Labute approximate surface area is 71.5 Å². The maximum Gasteiger partial charge on any atom is 0.417 e. The van der Waals surface area contributed by atoms with Gasteiger partial charge in [-0.2, -0.15) is 0 Å². The minimum absolute atomic E-state index is 0.276. The molecule has 1 rings (SSSR count). The molecule has 0 fully saturated rings. The van der Waals surface area contributed by atoms with Gasteiger partial charge in [0.1, 0.15) is 6.61 Å². The molecule has 0 aliphatic heterocycles. The first-order valence-electron chi connectivity index (χ1n) is 3.64. The van der Waals surface area contributed by atoms with E-state index in [0.29, 0.717) is 0 Å². The van der Waals surface area contributed by atoms with Gasteiger partial charge in [0, 0.05) is 0 Å². The molecule has 0 N–H and O–H groups in total. The fourth-order valence-electron chi connectivity index (χ4n) is 0.830. The average Bonchev–Trinajstić information content (AvgIpc) is 2.14. The highest BCUT2D eigenvalue weighted by molar-refractivity contribution is 5.49. The smallest absolute Gasteiger partial charge is 0.417 e. The second kappa shape index (κ2) is 5.13. The largest absolute Gasteiger partial charge is 0.453 e. The van der Waals surface area contributed by atoms with Crippen LogP contribution in [-0.2, 0) is 9.53 Å². The fraction of sp³-hybridized carbons (Fsp3) is 0.100. The first-order valence-corrected chi connectivity index (χ1v) is 3.64. The SMILES string of the molecule is O=[C]OCC=Cc1ccccc1. The van der Waals surface area contributed by atoms with Crippen LogP contribution >= 0.6 is 0 Å². The lowest BCUT2D eigenvalue weighted by molar-refractivity contribution is 0.314. The molecule has 61 valence electrons. The van der Waals surface area contributed by atoms with Gasteiger partial charge in [-0.15, -0.1) is 0 Å². The van der Waals surface area contributed by atoms with Gasteiger partial charge >= 0.3 is 6.47 Å². The highest BCUT2D eigenvalue weighted by Gasteiger charge is 1.81. The molecule has 0 amide bonds. The Hall–Kier alpha value is -1.57. The molecule has 0 aliphatic rings. The third kappa shape index (κ3) is 3.01. The summed E-state index contributed by atoms with van der Waals surface area (Å²) < 4.78 is 4.36. The molecular formula is C10H9O2. The lowest BCUT2D eigenvalue weighted by Crippen LogP contribution is -1.84. The monoisotopic (exact) mass is 161 g/mol. The quantitative estimate of drug-likeness (QED) is 0.629. The maximum atomic E-state index is 9.64. The van der Waals surface area contributed by atoms with Crippen LogP contribution in [0.25, 0.3) is 6.08 Å². The van der Waals surface area contributed by atoms with Gasteiger partial charge in [-0.1, -0.05) is 36.4 Å². The second-order valence-corrected chi connectivity index (χ2v) is 2.21. The topological polar surface area (TPSA) is 26.3 Å². The van der Waals surface area contributed by atoms with E-state index in [1.54, 1.807) is 6.08 Å². The van der Waals surface area contributed by atoms with Crippen LogP contribution in [-0.4, -0.2) is 13.1 Å². The van der Waals surface area contributed by atoms with Crippen molar-refractivity contribution in [3.8, 4) is 0 Å². The van der Waals surface area contributed by atoms with Crippen LogP contribution in [0.4, 0.5) is 0 Å². The van der Waals surface area contributed by atoms with E-state index in [-0.39, 0.29) is 6.61 Å². The highest BCUT2D eigenvalue weighted by Crippen LogP contribution is 2.00. The van der Waals surface area contributed by atoms with Crippen molar-refractivity contribution in [3.05, 3.63) is 42.0 Å². The van der Waals surface area contributed by atoms with E-state index in [1.165, 1.54) is 6.47 Å². The summed E-state index contributed by atoms with van der Waals surface area (Å²) in [6.07, 6.45) is 3.65. The number of ether oxygens (including phenoxy) is 1. The third-order valence-electron chi connectivity index (χ3n) is 1.35. The van der Waals surface area contributed by atoms with Gasteiger partial charge in [0.25, 0.3) is 0 Å². The number of hydrogen-bond donors (Lipinski definition) is 0. The van der Waals surface area contributed by atoms with Crippen LogP contribution in [0.3, 0.4) is 0 Å². The summed E-state index contributed by atoms with van der Waals surface area (Å²) in [6.45, 7) is 1.63. The van der Waals surface area contributed by atoms with Gasteiger partial charge < -0.3 is 4.74 Å². The molecular weight excluding hydrogens is 152 g/mol. The number of benzene rings is 1. The molecule has 0 unspecified atom stereocenters. The van der Waals surface area contributed by atoms with Crippen molar-refractivity contribution in [2.75, 3.05) is 6.61 Å². The van der Waals surface area contributed by atoms with Crippen LogP contribution in [0.15, 0.2) is 36.4 Å². The highest BCUT2D eigenvalue weighted by atomic mass is 16.5. The van der Waals surface area contributed by atoms with Crippen LogP contribution in [0.5, 0.6) is 0 Å². The Morgan fingerprint density at radius 2 is 2.08 bits per heavy atom. The number of carbonyl (C=O) groups excluding carboxylic acids is 1. The molecule has 0 aliphatic carbocycles. The lowest BCUT2D eigenvalue weighted by atomic mass is 10.2. The Balaban J connectivity index is 2.41. The van der Waals surface area contributed by atoms with Crippen molar-refractivity contribution in [3.63, 3.8) is 0 Å². The van der Waals surface area contributed by atoms with Gasteiger partial charge in [0.05, 0.1) is 0 Å². The molecule has 1 aromatic carbocycles. The minimum atomic E-state index is 0.276. The van der Waals surface area contributed by atoms with Crippen LogP contribution in [0.2, 0.25) is 0 Å². The van der Waals surface area contributed by atoms with Gasteiger partial charge in [-0.3, -0.25) is 0 Å². The van der Waals surface area contributed by atoms with Crippen molar-refractivity contribution in [2.45, 2.75) is 0 Å². The summed E-state index contributed by atoms with van der Waals surface area (Å²) in [5.74, 6) is 0. The van der Waals surface area contributed by atoms with E-state index in [9.17, 15) is 4.79 Å².